The van der Waals surface area contributed by atoms with Crippen LogP contribution in [0.2, 0.25) is 0 Å². The Bertz CT molecular complexity index is 269. The quantitative estimate of drug-likeness (QED) is 0.819. The van der Waals surface area contributed by atoms with E-state index in [9.17, 15) is 0 Å². The molecule has 2 atom stereocenters. The highest BCUT2D eigenvalue weighted by atomic mass is 16.6. The minimum absolute atomic E-state index is 0.0207. The third kappa shape index (κ3) is 3.67. The van der Waals surface area contributed by atoms with Crippen molar-refractivity contribution in [3.63, 3.8) is 0 Å². The van der Waals surface area contributed by atoms with E-state index in [1.807, 2.05) is 0 Å². The molecule has 3 aliphatic heterocycles. The monoisotopic (exact) mass is 271 g/mol. The standard InChI is InChI=1S/C14H25NO4/c1-5-19-14(2-6-16-7-3-14)9-12(1)18-11-13-10-15-4-8-17-13/h12-13,15H,1-11H2. The average molecular weight is 271 g/mol. The van der Waals surface area contributed by atoms with Crippen molar-refractivity contribution in [2.75, 3.05) is 46.1 Å². The number of hydrogen-bond donors (Lipinski definition) is 1. The molecule has 0 aromatic rings. The van der Waals surface area contributed by atoms with Gasteiger partial charge >= 0.3 is 0 Å². The van der Waals surface area contributed by atoms with Gasteiger partial charge in [-0.2, -0.15) is 0 Å². The van der Waals surface area contributed by atoms with Gasteiger partial charge in [0.15, 0.2) is 0 Å². The van der Waals surface area contributed by atoms with E-state index in [1.54, 1.807) is 0 Å². The van der Waals surface area contributed by atoms with Crippen LogP contribution in [0.1, 0.15) is 25.7 Å². The van der Waals surface area contributed by atoms with E-state index in [4.69, 9.17) is 18.9 Å². The second-order valence-electron chi connectivity index (χ2n) is 5.79. The molecule has 0 amide bonds. The Balaban J connectivity index is 1.45. The molecular formula is C14H25NO4. The van der Waals surface area contributed by atoms with E-state index in [1.165, 1.54) is 0 Å². The fourth-order valence-corrected chi connectivity index (χ4v) is 3.19. The molecule has 0 aromatic heterocycles. The topological polar surface area (TPSA) is 49.0 Å². The van der Waals surface area contributed by atoms with E-state index in [2.05, 4.69) is 5.32 Å². The zero-order valence-corrected chi connectivity index (χ0v) is 11.6. The molecule has 5 heteroatoms. The van der Waals surface area contributed by atoms with Crippen LogP contribution in [0.4, 0.5) is 0 Å². The lowest BCUT2D eigenvalue weighted by molar-refractivity contribution is -0.176. The maximum absolute atomic E-state index is 6.06. The Morgan fingerprint density at radius 1 is 1.16 bits per heavy atom. The molecule has 0 aliphatic carbocycles. The maximum Gasteiger partial charge on any atom is 0.0933 e. The number of morpholine rings is 1. The van der Waals surface area contributed by atoms with Crippen molar-refractivity contribution in [1.29, 1.82) is 0 Å². The molecule has 3 saturated heterocycles. The van der Waals surface area contributed by atoms with Crippen LogP contribution in [-0.2, 0) is 18.9 Å². The van der Waals surface area contributed by atoms with Crippen LogP contribution >= 0.6 is 0 Å². The molecule has 3 heterocycles. The van der Waals surface area contributed by atoms with E-state index >= 15 is 0 Å². The van der Waals surface area contributed by atoms with Crippen LogP contribution in [0.15, 0.2) is 0 Å². The van der Waals surface area contributed by atoms with Gasteiger partial charge in [-0.05, 0) is 19.3 Å². The fraction of sp³-hybridized carbons (Fsp3) is 1.00. The van der Waals surface area contributed by atoms with Gasteiger partial charge in [-0.3, -0.25) is 0 Å². The van der Waals surface area contributed by atoms with Crippen molar-refractivity contribution in [1.82, 2.24) is 5.32 Å². The first kappa shape index (κ1) is 13.8. The zero-order valence-electron chi connectivity index (χ0n) is 11.6. The fourth-order valence-electron chi connectivity index (χ4n) is 3.19. The molecule has 2 unspecified atom stereocenters. The van der Waals surface area contributed by atoms with Crippen LogP contribution in [0, 0.1) is 0 Å². The predicted molar refractivity (Wildman–Crippen MR) is 70.3 cm³/mol. The van der Waals surface area contributed by atoms with E-state index in [-0.39, 0.29) is 11.7 Å². The van der Waals surface area contributed by atoms with E-state index < -0.39 is 0 Å². The van der Waals surface area contributed by atoms with Gasteiger partial charge in [-0.15, -0.1) is 0 Å². The number of ether oxygens (including phenoxy) is 4. The molecule has 110 valence electrons. The summed E-state index contributed by atoms with van der Waals surface area (Å²) in [5.74, 6) is 0. The van der Waals surface area contributed by atoms with Crippen molar-refractivity contribution in [2.45, 2.75) is 43.5 Å². The Kier molecular flexibility index (Phi) is 4.71. The highest BCUT2D eigenvalue weighted by Crippen LogP contribution is 2.35. The van der Waals surface area contributed by atoms with Gasteiger partial charge in [0.2, 0.25) is 0 Å². The molecule has 0 bridgehead atoms. The highest BCUT2D eigenvalue weighted by Gasteiger charge is 2.39. The van der Waals surface area contributed by atoms with Crippen LogP contribution in [-0.4, -0.2) is 63.9 Å². The number of nitrogens with one attached hydrogen (secondary N) is 1. The van der Waals surface area contributed by atoms with Crippen molar-refractivity contribution >= 4 is 0 Å². The number of hydrogen-bond acceptors (Lipinski definition) is 5. The molecule has 5 nitrogen and oxygen atoms in total. The molecule has 3 aliphatic rings. The lowest BCUT2D eigenvalue weighted by atomic mass is 9.85. The third-order valence-electron chi connectivity index (χ3n) is 4.37. The Hall–Kier alpha value is -0.200. The summed E-state index contributed by atoms with van der Waals surface area (Å²) in [5.41, 5.74) is 0.0207. The maximum atomic E-state index is 6.06. The molecule has 19 heavy (non-hydrogen) atoms. The summed E-state index contributed by atoms with van der Waals surface area (Å²) < 4.78 is 23.2. The van der Waals surface area contributed by atoms with Gasteiger partial charge < -0.3 is 24.3 Å². The second kappa shape index (κ2) is 6.50. The van der Waals surface area contributed by atoms with Crippen LogP contribution < -0.4 is 5.32 Å². The lowest BCUT2D eigenvalue weighted by Gasteiger charge is -2.43. The summed E-state index contributed by atoms with van der Waals surface area (Å²) in [6.45, 7) is 5.81. The van der Waals surface area contributed by atoms with Crippen molar-refractivity contribution < 1.29 is 18.9 Å². The van der Waals surface area contributed by atoms with E-state index in [0.29, 0.717) is 12.7 Å². The number of rotatable bonds is 3. The SMILES string of the molecule is C1COC(COC2CCOC3(CCOCC3)C2)CN1. The van der Waals surface area contributed by atoms with E-state index in [0.717, 1.165) is 65.2 Å². The van der Waals surface area contributed by atoms with Gasteiger partial charge in [0.1, 0.15) is 0 Å². The highest BCUT2D eigenvalue weighted by molar-refractivity contribution is 4.89. The molecular weight excluding hydrogens is 246 g/mol. The first-order chi connectivity index (χ1) is 9.36. The summed E-state index contributed by atoms with van der Waals surface area (Å²) in [7, 11) is 0. The van der Waals surface area contributed by atoms with Crippen LogP contribution in [0.25, 0.3) is 0 Å². The predicted octanol–water partition coefficient (Wildman–Crippen LogP) is 0.720. The molecule has 0 aromatic carbocycles. The minimum atomic E-state index is 0.0207. The van der Waals surface area contributed by atoms with Gasteiger partial charge in [-0.25, -0.2) is 0 Å². The van der Waals surface area contributed by atoms with Gasteiger partial charge in [0, 0.05) is 39.3 Å². The molecule has 0 saturated carbocycles. The molecule has 3 fully saturated rings. The summed E-state index contributed by atoms with van der Waals surface area (Å²) in [6.07, 6.45) is 4.56. The summed E-state index contributed by atoms with van der Waals surface area (Å²) in [5, 5.41) is 3.33. The molecule has 3 rings (SSSR count). The lowest BCUT2D eigenvalue weighted by Crippen LogP contribution is -2.48. The van der Waals surface area contributed by atoms with Crippen LogP contribution in [0.5, 0.6) is 0 Å². The van der Waals surface area contributed by atoms with Crippen LogP contribution in [0.3, 0.4) is 0 Å². The summed E-state index contributed by atoms with van der Waals surface area (Å²) >= 11 is 0. The Labute approximate surface area is 114 Å². The molecule has 1 spiro atoms. The molecule has 0 radical (unpaired) electrons. The van der Waals surface area contributed by atoms with Crippen molar-refractivity contribution in [3.05, 3.63) is 0 Å². The Morgan fingerprint density at radius 2 is 2.05 bits per heavy atom. The first-order valence-corrected chi connectivity index (χ1v) is 7.52. The average Bonchev–Trinajstić information content (AvgIpc) is 2.47. The summed E-state index contributed by atoms with van der Waals surface area (Å²) in [6, 6.07) is 0. The summed E-state index contributed by atoms with van der Waals surface area (Å²) in [4.78, 5) is 0. The third-order valence-corrected chi connectivity index (χ3v) is 4.37. The van der Waals surface area contributed by atoms with Gasteiger partial charge in [-0.1, -0.05) is 0 Å². The Morgan fingerprint density at radius 3 is 2.84 bits per heavy atom. The van der Waals surface area contributed by atoms with Gasteiger partial charge in [0.25, 0.3) is 0 Å². The van der Waals surface area contributed by atoms with Gasteiger partial charge in [0.05, 0.1) is 31.0 Å². The first-order valence-electron chi connectivity index (χ1n) is 7.52. The molecule has 1 N–H and O–H groups in total. The normalized spacial score (nSPS) is 35.4. The smallest absolute Gasteiger partial charge is 0.0933 e. The van der Waals surface area contributed by atoms with Crippen molar-refractivity contribution in [2.24, 2.45) is 0 Å². The minimum Gasteiger partial charge on any atom is -0.381 e. The zero-order chi connectivity index (χ0) is 13.0. The largest absolute Gasteiger partial charge is 0.381 e. The second-order valence-corrected chi connectivity index (χ2v) is 5.79. The van der Waals surface area contributed by atoms with Crippen molar-refractivity contribution in [3.8, 4) is 0 Å².